The Morgan fingerprint density at radius 1 is 1.28 bits per heavy atom. The molecule has 0 spiro atoms. The van der Waals surface area contributed by atoms with E-state index in [1.807, 2.05) is 12.1 Å². The van der Waals surface area contributed by atoms with Gasteiger partial charge in [0.2, 0.25) is 0 Å². The summed E-state index contributed by atoms with van der Waals surface area (Å²) in [5, 5.41) is 8.86. The summed E-state index contributed by atoms with van der Waals surface area (Å²) in [4.78, 5) is 12.3. The Labute approximate surface area is 115 Å². The van der Waals surface area contributed by atoms with Crippen molar-refractivity contribution in [3.05, 3.63) is 40.4 Å². The highest BCUT2D eigenvalue weighted by molar-refractivity contribution is 9.10. The molecule has 0 bridgehead atoms. The van der Waals surface area contributed by atoms with Crippen LogP contribution in [0.15, 0.2) is 34.8 Å². The average molecular weight is 310 g/mol. The maximum absolute atomic E-state index is 10.8. The molecule has 1 amide bonds. The summed E-state index contributed by atoms with van der Waals surface area (Å²) in [6, 6.07) is 8.17. The lowest BCUT2D eigenvalue weighted by Gasteiger charge is -2.28. The Hall–Kier alpha value is -1.29. The molecular weight excluding hydrogens is 294 g/mol. The number of benzene rings is 1. The van der Waals surface area contributed by atoms with Crippen molar-refractivity contribution >= 4 is 28.1 Å². The summed E-state index contributed by atoms with van der Waals surface area (Å²) in [5.41, 5.74) is 1.18. The SMILES string of the molecule is O=C(O)N1CCC(C=Cc2ccc(Br)cc2)CC1. The Bertz CT molecular complexity index is 434. The normalized spacial score (nSPS) is 17.3. The second-order valence-electron chi connectivity index (χ2n) is 4.52. The number of rotatable bonds is 2. The lowest BCUT2D eigenvalue weighted by molar-refractivity contribution is 0.129. The van der Waals surface area contributed by atoms with Crippen molar-refractivity contribution in [3.8, 4) is 0 Å². The van der Waals surface area contributed by atoms with E-state index in [0.717, 1.165) is 17.3 Å². The molecule has 0 aromatic heterocycles. The predicted octanol–water partition coefficient (Wildman–Crippen LogP) is 3.85. The van der Waals surface area contributed by atoms with Crippen LogP contribution < -0.4 is 0 Å². The quantitative estimate of drug-likeness (QED) is 0.901. The molecule has 1 aliphatic heterocycles. The van der Waals surface area contributed by atoms with Gasteiger partial charge in [-0.25, -0.2) is 4.79 Å². The molecule has 0 radical (unpaired) electrons. The highest BCUT2D eigenvalue weighted by atomic mass is 79.9. The summed E-state index contributed by atoms with van der Waals surface area (Å²) in [6.45, 7) is 1.29. The van der Waals surface area contributed by atoms with Crippen molar-refractivity contribution in [2.75, 3.05) is 13.1 Å². The summed E-state index contributed by atoms with van der Waals surface area (Å²) >= 11 is 3.41. The molecule has 1 heterocycles. The zero-order chi connectivity index (χ0) is 13.0. The van der Waals surface area contributed by atoms with E-state index < -0.39 is 6.09 Å². The van der Waals surface area contributed by atoms with Gasteiger partial charge in [-0.15, -0.1) is 0 Å². The second-order valence-corrected chi connectivity index (χ2v) is 5.43. The third-order valence-electron chi connectivity index (χ3n) is 3.24. The number of nitrogens with zero attached hydrogens (tertiary/aromatic N) is 1. The molecular formula is C14H16BrNO2. The number of likely N-dealkylation sites (tertiary alicyclic amines) is 1. The number of piperidine rings is 1. The molecule has 0 atom stereocenters. The minimum atomic E-state index is -0.801. The first kappa shape index (κ1) is 13.1. The molecule has 2 rings (SSSR count). The van der Waals surface area contributed by atoms with E-state index in [2.05, 4.69) is 40.2 Å². The number of allylic oxidation sites excluding steroid dienone is 1. The summed E-state index contributed by atoms with van der Waals surface area (Å²) in [5.74, 6) is 0.490. The first-order valence-electron chi connectivity index (χ1n) is 6.07. The molecule has 1 aromatic rings. The van der Waals surface area contributed by atoms with Crippen LogP contribution in [0.25, 0.3) is 6.08 Å². The molecule has 1 aromatic carbocycles. The van der Waals surface area contributed by atoms with Gasteiger partial charge in [0.1, 0.15) is 0 Å². The second kappa shape index (κ2) is 6.05. The summed E-state index contributed by atoms with van der Waals surface area (Å²) < 4.78 is 1.08. The molecule has 4 heteroatoms. The van der Waals surface area contributed by atoms with E-state index in [0.29, 0.717) is 19.0 Å². The molecule has 3 nitrogen and oxygen atoms in total. The van der Waals surface area contributed by atoms with Crippen LogP contribution in [0.3, 0.4) is 0 Å². The largest absolute Gasteiger partial charge is 0.465 e. The van der Waals surface area contributed by atoms with Crippen LogP contribution in [0, 0.1) is 5.92 Å². The Morgan fingerprint density at radius 2 is 1.89 bits per heavy atom. The number of halogens is 1. The van der Waals surface area contributed by atoms with E-state index >= 15 is 0 Å². The molecule has 0 unspecified atom stereocenters. The maximum Gasteiger partial charge on any atom is 0.407 e. The molecule has 96 valence electrons. The van der Waals surface area contributed by atoms with Gasteiger partial charge in [0.05, 0.1) is 0 Å². The van der Waals surface area contributed by atoms with Gasteiger partial charge in [-0.2, -0.15) is 0 Å². The minimum Gasteiger partial charge on any atom is -0.465 e. The molecule has 18 heavy (non-hydrogen) atoms. The predicted molar refractivity (Wildman–Crippen MR) is 75.5 cm³/mol. The van der Waals surface area contributed by atoms with Gasteiger partial charge in [-0.1, -0.05) is 40.2 Å². The zero-order valence-corrected chi connectivity index (χ0v) is 11.6. The first-order chi connectivity index (χ1) is 8.65. The Morgan fingerprint density at radius 3 is 2.44 bits per heavy atom. The smallest absolute Gasteiger partial charge is 0.407 e. The molecule has 1 saturated heterocycles. The van der Waals surface area contributed by atoms with Crippen LogP contribution in [0.2, 0.25) is 0 Å². The zero-order valence-electron chi connectivity index (χ0n) is 10.1. The minimum absolute atomic E-state index is 0.490. The standard InChI is InChI=1S/C14H16BrNO2/c15-13-5-3-11(4-6-13)1-2-12-7-9-16(10-8-12)14(17)18/h1-6,12H,7-10H2,(H,17,18). The molecule has 0 saturated carbocycles. The highest BCUT2D eigenvalue weighted by Gasteiger charge is 2.20. The van der Waals surface area contributed by atoms with Crippen molar-refractivity contribution < 1.29 is 9.90 Å². The first-order valence-corrected chi connectivity index (χ1v) is 6.86. The Kier molecular flexibility index (Phi) is 4.42. The van der Waals surface area contributed by atoms with Crippen LogP contribution in [0.1, 0.15) is 18.4 Å². The summed E-state index contributed by atoms with van der Waals surface area (Å²) in [7, 11) is 0. The van der Waals surface area contributed by atoms with Crippen molar-refractivity contribution in [3.63, 3.8) is 0 Å². The van der Waals surface area contributed by atoms with Crippen LogP contribution in [0.4, 0.5) is 4.79 Å². The lowest BCUT2D eigenvalue weighted by atomic mass is 9.96. The van der Waals surface area contributed by atoms with Crippen LogP contribution in [-0.2, 0) is 0 Å². The van der Waals surface area contributed by atoms with Gasteiger partial charge >= 0.3 is 6.09 Å². The number of amides is 1. The van der Waals surface area contributed by atoms with E-state index in [4.69, 9.17) is 5.11 Å². The number of carboxylic acid groups (broad SMARTS) is 1. The lowest BCUT2D eigenvalue weighted by Crippen LogP contribution is -2.36. The van der Waals surface area contributed by atoms with Crippen molar-refractivity contribution in [2.24, 2.45) is 5.92 Å². The van der Waals surface area contributed by atoms with Crippen molar-refractivity contribution in [1.29, 1.82) is 0 Å². The average Bonchev–Trinajstić information content (AvgIpc) is 2.38. The molecule has 1 fully saturated rings. The maximum atomic E-state index is 10.8. The van der Waals surface area contributed by atoms with Crippen LogP contribution >= 0.6 is 15.9 Å². The summed E-state index contributed by atoms with van der Waals surface area (Å²) in [6.07, 6.45) is 5.35. The molecule has 1 aliphatic rings. The third kappa shape index (κ3) is 3.60. The van der Waals surface area contributed by atoms with E-state index in [1.165, 1.54) is 10.5 Å². The van der Waals surface area contributed by atoms with Gasteiger partial charge in [0.25, 0.3) is 0 Å². The van der Waals surface area contributed by atoms with E-state index in [-0.39, 0.29) is 0 Å². The van der Waals surface area contributed by atoms with Crippen molar-refractivity contribution in [2.45, 2.75) is 12.8 Å². The monoisotopic (exact) mass is 309 g/mol. The van der Waals surface area contributed by atoms with Crippen LogP contribution in [-0.4, -0.2) is 29.2 Å². The number of carbonyl (C=O) groups is 1. The fraction of sp³-hybridized carbons (Fsp3) is 0.357. The molecule has 0 aliphatic carbocycles. The van der Waals surface area contributed by atoms with E-state index in [1.54, 1.807) is 0 Å². The molecule has 1 N–H and O–H groups in total. The van der Waals surface area contributed by atoms with Gasteiger partial charge in [0, 0.05) is 17.6 Å². The van der Waals surface area contributed by atoms with Crippen LogP contribution in [0.5, 0.6) is 0 Å². The number of hydrogen-bond donors (Lipinski definition) is 1. The van der Waals surface area contributed by atoms with Crippen molar-refractivity contribution in [1.82, 2.24) is 4.90 Å². The Balaban J connectivity index is 1.87. The topological polar surface area (TPSA) is 40.5 Å². The van der Waals surface area contributed by atoms with E-state index in [9.17, 15) is 4.79 Å². The fourth-order valence-corrected chi connectivity index (χ4v) is 2.37. The fourth-order valence-electron chi connectivity index (χ4n) is 2.10. The van der Waals surface area contributed by atoms with Gasteiger partial charge in [0.15, 0.2) is 0 Å². The third-order valence-corrected chi connectivity index (χ3v) is 3.77. The number of hydrogen-bond acceptors (Lipinski definition) is 1. The van der Waals surface area contributed by atoms with Gasteiger partial charge in [-0.05, 0) is 36.5 Å². The van der Waals surface area contributed by atoms with Gasteiger partial charge < -0.3 is 10.0 Å². The van der Waals surface area contributed by atoms with Gasteiger partial charge in [-0.3, -0.25) is 0 Å². The highest BCUT2D eigenvalue weighted by Crippen LogP contribution is 2.20.